The fourth-order valence-electron chi connectivity index (χ4n) is 2.15. The Morgan fingerprint density at radius 3 is 2.94 bits per heavy atom. The second-order valence-corrected chi connectivity index (χ2v) is 4.60. The van der Waals surface area contributed by atoms with Gasteiger partial charge in [0.15, 0.2) is 0 Å². The first-order valence-corrected chi connectivity index (χ1v) is 6.41. The van der Waals surface area contributed by atoms with Crippen LogP contribution in [-0.2, 0) is 4.79 Å². The Labute approximate surface area is 108 Å². The third-order valence-corrected chi connectivity index (χ3v) is 3.19. The third kappa shape index (κ3) is 3.78. The van der Waals surface area contributed by atoms with Crippen molar-refractivity contribution in [3.63, 3.8) is 0 Å². The SMILES string of the molecule is CC(CC(=O)Nc1ccccn1)N1CCNCC1. The summed E-state index contributed by atoms with van der Waals surface area (Å²) >= 11 is 0. The summed E-state index contributed by atoms with van der Waals surface area (Å²) in [5.74, 6) is 0.648. The molecular weight excluding hydrogens is 228 g/mol. The Morgan fingerprint density at radius 1 is 1.50 bits per heavy atom. The van der Waals surface area contributed by atoms with E-state index in [2.05, 4.69) is 27.4 Å². The molecule has 2 rings (SSSR count). The largest absolute Gasteiger partial charge is 0.314 e. The van der Waals surface area contributed by atoms with Crippen LogP contribution in [0.1, 0.15) is 13.3 Å². The van der Waals surface area contributed by atoms with Crippen LogP contribution in [0.25, 0.3) is 0 Å². The summed E-state index contributed by atoms with van der Waals surface area (Å²) in [6.07, 6.45) is 2.19. The monoisotopic (exact) mass is 248 g/mol. The molecule has 5 nitrogen and oxygen atoms in total. The van der Waals surface area contributed by atoms with Crippen LogP contribution in [0.3, 0.4) is 0 Å². The second-order valence-electron chi connectivity index (χ2n) is 4.60. The van der Waals surface area contributed by atoms with Crippen LogP contribution >= 0.6 is 0 Å². The van der Waals surface area contributed by atoms with Crippen molar-refractivity contribution in [3.8, 4) is 0 Å². The molecule has 98 valence electrons. The summed E-state index contributed by atoms with van der Waals surface area (Å²) in [4.78, 5) is 18.3. The summed E-state index contributed by atoms with van der Waals surface area (Å²) < 4.78 is 0. The van der Waals surface area contributed by atoms with Crippen molar-refractivity contribution in [2.75, 3.05) is 31.5 Å². The van der Waals surface area contributed by atoms with Crippen molar-refractivity contribution < 1.29 is 4.79 Å². The summed E-state index contributed by atoms with van der Waals surface area (Å²) in [6.45, 7) is 6.14. The van der Waals surface area contributed by atoms with E-state index < -0.39 is 0 Å². The van der Waals surface area contributed by atoms with Gasteiger partial charge in [-0.1, -0.05) is 6.07 Å². The number of pyridine rings is 1. The van der Waals surface area contributed by atoms with Gasteiger partial charge in [-0.2, -0.15) is 0 Å². The molecule has 2 N–H and O–H groups in total. The average molecular weight is 248 g/mol. The number of anilines is 1. The molecule has 0 saturated carbocycles. The highest BCUT2D eigenvalue weighted by Gasteiger charge is 2.19. The zero-order valence-electron chi connectivity index (χ0n) is 10.7. The molecule has 1 aromatic rings. The van der Waals surface area contributed by atoms with Crippen LogP contribution < -0.4 is 10.6 Å². The topological polar surface area (TPSA) is 57.3 Å². The van der Waals surface area contributed by atoms with Crippen LogP contribution in [0.2, 0.25) is 0 Å². The van der Waals surface area contributed by atoms with E-state index in [1.54, 1.807) is 12.3 Å². The molecule has 0 aliphatic carbocycles. The van der Waals surface area contributed by atoms with E-state index in [1.165, 1.54) is 0 Å². The number of amides is 1. The molecule has 1 aliphatic heterocycles. The van der Waals surface area contributed by atoms with Gasteiger partial charge in [-0.15, -0.1) is 0 Å². The molecule has 1 unspecified atom stereocenters. The predicted octanol–water partition coefficient (Wildman–Crippen LogP) is 0.704. The molecule has 1 amide bonds. The van der Waals surface area contributed by atoms with Crippen LogP contribution in [0.15, 0.2) is 24.4 Å². The molecule has 1 aliphatic rings. The number of piperazine rings is 1. The molecule has 1 aromatic heterocycles. The normalized spacial score (nSPS) is 18.3. The molecule has 0 bridgehead atoms. The molecule has 0 aromatic carbocycles. The molecule has 5 heteroatoms. The number of aromatic nitrogens is 1. The lowest BCUT2D eigenvalue weighted by atomic mass is 10.1. The van der Waals surface area contributed by atoms with E-state index in [0.717, 1.165) is 26.2 Å². The fraction of sp³-hybridized carbons (Fsp3) is 0.538. The molecule has 1 fully saturated rings. The third-order valence-electron chi connectivity index (χ3n) is 3.19. The van der Waals surface area contributed by atoms with Crippen molar-refractivity contribution >= 4 is 11.7 Å². The van der Waals surface area contributed by atoms with E-state index in [9.17, 15) is 4.79 Å². The van der Waals surface area contributed by atoms with Crippen LogP contribution in [0, 0.1) is 0 Å². The minimum atomic E-state index is 0.0275. The van der Waals surface area contributed by atoms with Gasteiger partial charge in [-0.3, -0.25) is 9.69 Å². The van der Waals surface area contributed by atoms with Crippen molar-refractivity contribution in [2.45, 2.75) is 19.4 Å². The smallest absolute Gasteiger partial charge is 0.227 e. The minimum Gasteiger partial charge on any atom is -0.314 e. The molecule has 2 heterocycles. The maximum absolute atomic E-state index is 11.9. The van der Waals surface area contributed by atoms with Gasteiger partial charge in [-0.05, 0) is 19.1 Å². The Morgan fingerprint density at radius 2 is 2.28 bits per heavy atom. The second kappa shape index (κ2) is 6.47. The number of hydrogen-bond donors (Lipinski definition) is 2. The lowest BCUT2D eigenvalue weighted by Gasteiger charge is -2.32. The first-order chi connectivity index (χ1) is 8.75. The number of nitrogens with one attached hydrogen (secondary N) is 2. The Balaban J connectivity index is 1.79. The summed E-state index contributed by atoms with van der Waals surface area (Å²) in [7, 11) is 0. The van der Waals surface area contributed by atoms with Crippen molar-refractivity contribution in [3.05, 3.63) is 24.4 Å². The zero-order chi connectivity index (χ0) is 12.8. The maximum Gasteiger partial charge on any atom is 0.227 e. The Kier molecular flexibility index (Phi) is 4.66. The van der Waals surface area contributed by atoms with Gasteiger partial charge < -0.3 is 10.6 Å². The zero-order valence-corrected chi connectivity index (χ0v) is 10.7. The van der Waals surface area contributed by atoms with Crippen molar-refractivity contribution in [1.82, 2.24) is 15.2 Å². The van der Waals surface area contributed by atoms with Gasteiger partial charge in [0.1, 0.15) is 5.82 Å². The van der Waals surface area contributed by atoms with Gasteiger partial charge in [0, 0.05) is 44.8 Å². The highest BCUT2D eigenvalue weighted by Crippen LogP contribution is 2.07. The molecule has 1 saturated heterocycles. The highest BCUT2D eigenvalue weighted by atomic mass is 16.1. The highest BCUT2D eigenvalue weighted by molar-refractivity contribution is 5.90. The van der Waals surface area contributed by atoms with Crippen LogP contribution in [-0.4, -0.2) is 48.0 Å². The van der Waals surface area contributed by atoms with E-state index in [1.807, 2.05) is 12.1 Å². The summed E-state index contributed by atoms with van der Waals surface area (Å²) in [6, 6.07) is 5.77. The lowest BCUT2D eigenvalue weighted by molar-refractivity contribution is -0.117. The quantitative estimate of drug-likeness (QED) is 0.823. The first-order valence-electron chi connectivity index (χ1n) is 6.41. The fourth-order valence-corrected chi connectivity index (χ4v) is 2.15. The molecular formula is C13H20N4O. The predicted molar refractivity (Wildman–Crippen MR) is 71.4 cm³/mol. The van der Waals surface area contributed by atoms with Gasteiger partial charge in [-0.25, -0.2) is 4.98 Å². The number of rotatable bonds is 4. The number of hydrogen-bond acceptors (Lipinski definition) is 4. The van der Waals surface area contributed by atoms with E-state index in [-0.39, 0.29) is 11.9 Å². The summed E-state index contributed by atoms with van der Waals surface area (Å²) in [5, 5.41) is 6.13. The first kappa shape index (κ1) is 13.0. The number of carbonyl (C=O) groups is 1. The maximum atomic E-state index is 11.9. The van der Waals surface area contributed by atoms with Crippen LogP contribution in [0.4, 0.5) is 5.82 Å². The van der Waals surface area contributed by atoms with Gasteiger partial charge in [0.25, 0.3) is 0 Å². The van der Waals surface area contributed by atoms with Gasteiger partial charge >= 0.3 is 0 Å². The standard InChI is InChI=1S/C13H20N4O/c1-11(17-8-6-14-7-9-17)10-13(18)16-12-4-2-3-5-15-12/h2-5,11,14H,6-10H2,1H3,(H,15,16,18). The van der Waals surface area contributed by atoms with Crippen molar-refractivity contribution in [1.29, 1.82) is 0 Å². The minimum absolute atomic E-state index is 0.0275. The summed E-state index contributed by atoms with van der Waals surface area (Å²) in [5.41, 5.74) is 0. The lowest BCUT2D eigenvalue weighted by Crippen LogP contribution is -2.48. The van der Waals surface area contributed by atoms with Crippen LogP contribution in [0.5, 0.6) is 0 Å². The van der Waals surface area contributed by atoms with Gasteiger partial charge in [0.05, 0.1) is 0 Å². The molecule has 0 spiro atoms. The van der Waals surface area contributed by atoms with E-state index in [4.69, 9.17) is 0 Å². The molecule has 18 heavy (non-hydrogen) atoms. The Bertz CT molecular complexity index is 376. The molecule has 1 atom stereocenters. The number of nitrogens with zero attached hydrogens (tertiary/aromatic N) is 2. The average Bonchev–Trinajstić information content (AvgIpc) is 2.40. The van der Waals surface area contributed by atoms with E-state index in [0.29, 0.717) is 12.2 Å². The van der Waals surface area contributed by atoms with Crippen molar-refractivity contribution in [2.24, 2.45) is 0 Å². The number of carbonyl (C=O) groups excluding carboxylic acids is 1. The Hall–Kier alpha value is -1.46. The van der Waals surface area contributed by atoms with E-state index >= 15 is 0 Å². The molecule has 0 radical (unpaired) electrons. The van der Waals surface area contributed by atoms with Gasteiger partial charge in [0.2, 0.25) is 5.91 Å².